The summed E-state index contributed by atoms with van der Waals surface area (Å²) in [6, 6.07) is 63.7. The lowest BCUT2D eigenvalue weighted by molar-refractivity contribution is 0.384. The van der Waals surface area contributed by atoms with Gasteiger partial charge in [-0.25, -0.2) is 4.98 Å². The quantitative estimate of drug-likeness (QED) is 0.176. The van der Waals surface area contributed by atoms with Crippen LogP contribution >= 0.6 is 0 Å². The molecule has 58 heavy (non-hydrogen) atoms. The van der Waals surface area contributed by atoms with Gasteiger partial charge in [0.2, 0.25) is 5.88 Å². The lowest BCUT2D eigenvalue weighted by Crippen LogP contribution is -2.38. The van der Waals surface area contributed by atoms with E-state index in [0.29, 0.717) is 39.9 Å². The van der Waals surface area contributed by atoms with Crippen molar-refractivity contribution in [3.63, 3.8) is 0 Å². The molecule has 0 saturated carbocycles. The van der Waals surface area contributed by atoms with E-state index >= 15 is 0 Å². The highest BCUT2D eigenvalue weighted by Gasteiger charge is 2.52. The molecule has 0 unspecified atom stereocenters. The first-order chi connectivity index (χ1) is 29.9. The Balaban J connectivity index is 1.15. The smallest absolute Gasteiger partial charge is 0.242 e. The second-order valence-electron chi connectivity index (χ2n) is 14.6. The summed E-state index contributed by atoms with van der Waals surface area (Å²) in [7, 11) is 0. The molecule has 9 aromatic rings. The fraction of sp³-hybridized carbons (Fsp3) is 0.0370. The van der Waals surface area contributed by atoms with E-state index < -0.39 is 12.3 Å². The van der Waals surface area contributed by atoms with E-state index in [1.807, 2.05) is 84.9 Å². The Kier molecular flexibility index (Phi) is 7.17. The largest absolute Gasteiger partial charge is 0.457 e. The summed E-state index contributed by atoms with van der Waals surface area (Å²) in [6.45, 7) is -2.47. The van der Waals surface area contributed by atoms with Gasteiger partial charge in [0, 0.05) is 38.8 Å². The van der Waals surface area contributed by atoms with Crippen molar-refractivity contribution in [1.82, 2.24) is 9.97 Å². The topological polar surface area (TPSA) is 44.2 Å². The van der Waals surface area contributed by atoms with Crippen LogP contribution in [0.15, 0.2) is 200 Å². The summed E-state index contributed by atoms with van der Waals surface area (Å²) in [4.78, 5) is 9.67. The zero-order valence-electron chi connectivity index (χ0n) is 34.3. The van der Waals surface area contributed by atoms with Crippen molar-refractivity contribution < 1.29 is 13.6 Å². The number of aryl methyl sites for hydroxylation is 1. The lowest BCUT2D eigenvalue weighted by atomic mass is 9.64. The summed E-state index contributed by atoms with van der Waals surface area (Å²) in [5.74, 6) is 2.09. The van der Waals surface area contributed by atoms with Crippen LogP contribution in [-0.2, 0) is 5.41 Å². The van der Waals surface area contributed by atoms with Gasteiger partial charge >= 0.3 is 0 Å². The molecular formula is C54H36N2O2. The van der Waals surface area contributed by atoms with Crippen LogP contribution in [0.2, 0.25) is 0 Å². The lowest BCUT2D eigenvalue weighted by Gasteiger charge is -2.43. The normalized spacial score (nSPS) is 14.0. The van der Waals surface area contributed by atoms with Gasteiger partial charge in [-0.2, -0.15) is 0 Å². The van der Waals surface area contributed by atoms with Crippen molar-refractivity contribution >= 4 is 0 Å². The summed E-state index contributed by atoms with van der Waals surface area (Å²) >= 11 is 0. The average Bonchev–Trinajstić information content (AvgIpc) is 3.31. The van der Waals surface area contributed by atoms with Crippen LogP contribution in [0.25, 0.3) is 55.6 Å². The minimum absolute atomic E-state index is 0.179. The third-order valence-electron chi connectivity index (χ3n) is 11.5. The van der Waals surface area contributed by atoms with E-state index in [-0.39, 0.29) is 5.56 Å². The summed E-state index contributed by atoms with van der Waals surface area (Å²) in [5, 5.41) is 0. The molecule has 8 aromatic carbocycles. The molecule has 3 heterocycles. The number of rotatable bonds is 5. The van der Waals surface area contributed by atoms with Crippen LogP contribution in [0.5, 0.6) is 23.1 Å². The average molecular weight is 748 g/mol. The number of nitrogens with zero attached hydrogens (tertiary/aromatic N) is 2. The minimum Gasteiger partial charge on any atom is -0.457 e. The first-order valence-corrected chi connectivity index (χ1v) is 19.4. The Labute approximate surface area is 341 Å². The second kappa shape index (κ2) is 13.6. The number of para-hydroxylation sites is 2. The molecule has 1 aromatic heterocycles. The predicted molar refractivity (Wildman–Crippen MR) is 232 cm³/mol. The molecule has 0 atom stereocenters. The third kappa shape index (κ3) is 5.23. The molecule has 274 valence electrons. The number of fused-ring (bicyclic) bond motifs is 8. The van der Waals surface area contributed by atoms with Gasteiger partial charge in [-0.1, -0.05) is 164 Å². The van der Waals surface area contributed by atoms with Gasteiger partial charge in [0.25, 0.3) is 0 Å². The Morgan fingerprint density at radius 3 is 1.43 bits per heavy atom. The van der Waals surface area contributed by atoms with Crippen molar-refractivity contribution in [2.24, 2.45) is 0 Å². The second-order valence-corrected chi connectivity index (χ2v) is 14.6. The van der Waals surface area contributed by atoms with E-state index in [0.717, 1.165) is 61.2 Å². The van der Waals surface area contributed by atoms with Crippen LogP contribution in [0.1, 0.15) is 32.1 Å². The molecule has 11 rings (SSSR count). The highest BCUT2D eigenvalue weighted by Crippen LogP contribution is 2.62. The van der Waals surface area contributed by atoms with Gasteiger partial charge in [0.05, 0.1) is 0 Å². The standard InChI is InChI=1S/C54H36N2O2/c1-35-25-30-47-51(58-53-52(55-31-32-56-53)54(47)45-21-11-13-23-48(45)57-49-24-14-12-22-46(49)54)50(35)40-28-26-39(27-29-40)44-34-42(37-17-7-3-8-18-37)41(36-15-5-2-6-16-36)33-43(44)38-19-9-4-10-20-38/h2-34H,1H3/i1D3. The molecule has 4 nitrogen and oxygen atoms in total. The van der Waals surface area contributed by atoms with Crippen LogP contribution in [0.4, 0.5) is 0 Å². The zero-order valence-corrected chi connectivity index (χ0v) is 31.3. The van der Waals surface area contributed by atoms with Gasteiger partial charge in [-0.3, -0.25) is 4.98 Å². The molecule has 0 amide bonds. The van der Waals surface area contributed by atoms with Crippen LogP contribution < -0.4 is 9.47 Å². The molecule has 2 aliphatic heterocycles. The maximum Gasteiger partial charge on any atom is 0.242 e. The van der Waals surface area contributed by atoms with Crippen LogP contribution in [0, 0.1) is 6.85 Å². The maximum absolute atomic E-state index is 8.82. The van der Waals surface area contributed by atoms with Gasteiger partial charge in [-0.15, -0.1) is 0 Å². The number of benzene rings is 8. The van der Waals surface area contributed by atoms with E-state index in [9.17, 15) is 0 Å². The van der Waals surface area contributed by atoms with E-state index in [1.165, 1.54) is 0 Å². The number of aromatic nitrogens is 2. The first kappa shape index (κ1) is 30.6. The highest BCUT2D eigenvalue weighted by molar-refractivity contribution is 5.95. The number of ether oxygens (including phenoxy) is 2. The van der Waals surface area contributed by atoms with E-state index in [1.54, 1.807) is 18.5 Å². The van der Waals surface area contributed by atoms with E-state index in [2.05, 4.69) is 97.1 Å². The number of hydrogen-bond acceptors (Lipinski definition) is 4. The molecular weight excluding hydrogens is 709 g/mol. The molecule has 0 saturated heterocycles. The fourth-order valence-electron chi connectivity index (χ4n) is 8.92. The Hall–Kier alpha value is -7.56. The van der Waals surface area contributed by atoms with Crippen molar-refractivity contribution in [2.45, 2.75) is 12.3 Å². The number of hydrogen-bond donors (Lipinski definition) is 0. The fourth-order valence-corrected chi connectivity index (χ4v) is 8.92. The van der Waals surface area contributed by atoms with Crippen LogP contribution in [-0.4, -0.2) is 9.97 Å². The SMILES string of the molecule is [2H]C([2H])([2H])c1ccc2c(c1-c1ccc(-c3cc(-c4ccccc4)c(-c4ccccc4)cc3-c3ccccc3)cc1)Oc1nccnc1C21c2ccccc2Oc2ccccc21. The van der Waals surface area contributed by atoms with Gasteiger partial charge in [0.15, 0.2) is 0 Å². The van der Waals surface area contributed by atoms with Crippen molar-refractivity contribution in [3.8, 4) is 78.8 Å². The first-order valence-electron chi connectivity index (χ1n) is 20.9. The van der Waals surface area contributed by atoms with Gasteiger partial charge in [0.1, 0.15) is 28.4 Å². The molecule has 0 fully saturated rings. The van der Waals surface area contributed by atoms with Crippen molar-refractivity contribution in [2.75, 3.05) is 0 Å². The highest BCUT2D eigenvalue weighted by atomic mass is 16.5. The molecule has 0 aliphatic carbocycles. The molecule has 1 spiro atoms. The molecule has 4 heteroatoms. The minimum atomic E-state index is -2.47. The van der Waals surface area contributed by atoms with Crippen LogP contribution in [0.3, 0.4) is 0 Å². The van der Waals surface area contributed by atoms with Gasteiger partial charge < -0.3 is 9.47 Å². The summed E-state index contributed by atoms with van der Waals surface area (Å²) < 4.78 is 39.8. The van der Waals surface area contributed by atoms with Gasteiger partial charge in [-0.05, 0) is 86.8 Å². The molecule has 2 aliphatic rings. The molecule has 0 N–H and O–H groups in total. The predicted octanol–water partition coefficient (Wildman–Crippen LogP) is 13.7. The Morgan fingerprint density at radius 1 is 0.431 bits per heavy atom. The molecule has 0 bridgehead atoms. The molecule has 0 radical (unpaired) electrons. The monoisotopic (exact) mass is 747 g/mol. The zero-order chi connectivity index (χ0) is 41.1. The summed E-state index contributed by atoms with van der Waals surface area (Å²) in [6.07, 6.45) is 3.28. The maximum atomic E-state index is 8.82. The third-order valence-corrected chi connectivity index (χ3v) is 11.5. The van der Waals surface area contributed by atoms with Crippen molar-refractivity contribution in [1.29, 1.82) is 0 Å². The van der Waals surface area contributed by atoms with E-state index in [4.69, 9.17) is 23.6 Å². The van der Waals surface area contributed by atoms with Crippen molar-refractivity contribution in [3.05, 3.63) is 228 Å². The Bertz CT molecular complexity index is 3050. The summed E-state index contributed by atoms with van der Waals surface area (Å²) in [5.41, 5.74) is 12.1. The Morgan fingerprint density at radius 2 is 0.897 bits per heavy atom.